The lowest BCUT2D eigenvalue weighted by Gasteiger charge is -2.21. The Labute approximate surface area is 137 Å². The highest BCUT2D eigenvalue weighted by molar-refractivity contribution is 9.10. The van der Waals surface area contributed by atoms with Crippen molar-refractivity contribution in [3.63, 3.8) is 0 Å². The van der Waals surface area contributed by atoms with Crippen LogP contribution in [-0.2, 0) is 0 Å². The summed E-state index contributed by atoms with van der Waals surface area (Å²) in [5.41, 5.74) is 2.12. The number of hydrogen-bond donors (Lipinski definition) is 1. The van der Waals surface area contributed by atoms with Crippen LogP contribution >= 0.6 is 39.1 Å². The lowest BCUT2D eigenvalue weighted by Crippen LogP contribution is -2.22. The summed E-state index contributed by atoms with van der Waals surface area (Å²) in [5, 5.41) is 8.84. The van der Waals surface area contributed by atoms with Gasteiger partial charge >= 0.3 is 0 Å². The molecular formula is C14H16BrCl2N3. The van der Waals surface area contributed by atoms with Crippen molar-refractivity contribution < 1.29 is 0 Å². The van der Waals surface area contributed by atoms with Crippen LogP contribution in [-0.4, -0.2) is 16.8 Å². The first-order chi connectivity index (χ1) is 9.45. The van der Waals surface area contributed by atoms with E-state index in [-0.39, 0.29) is 12.1 Å². The minimum atomic E-state index is -0.0101. The molecule has 1 aromatic carbocycles. The summed E-state index contributed by atoms with van der Waals surface area (Å²) >= 11 is 15.7. The van der Waals surface area contributed by atoms with E-state index in [0.717, 1.165) is 15.7 Å². The van der Waals surface area contributed by atoms with Gasteiger partial charge in [0.1, 0.15) is 0 Å². The molecule has 6 heteroatoms. The number of nitrogens with one attached hydrogen (secondary N) is 1. The van der Waals surface area contributed by atoms with E-state index in [4.69, 9.17) is 23.2 Å². The molecule has 0 aliphatic carbocycles. The zero-order chi connectivity index (χ0) is 14.9. The van der Waals surface area contributed by atoms with Gasteiger partial charge in [0.2, 0.25) is 0 Å². The number of rotatable bonds is 4. The maximum atomic E-state index is 6.12. The zero-order valence-electron chi connectivity index (χ0n) is 11.5. The van der Waals surface area contributed by atoms with E-state index in [1.165, 1.54) is 0 Å². The number of nitrogens with zero attached hydrogens (tertiary/aromatic N) is 2. The first-order valence-corrected chi connectivity index (χ1v) is 7.85. The summed E-state index contributed by atoms with van der Waals surface area (Å²) in [4.78, 5) is 0. The molecule has 1 unspecified atom stereocenters. The Morgan fingerprint density at radius 3 is 2.50 bits per heavy atom. The predicted octanol–water partition coefficient (Wildman–Crippen LogP) is 4.84. The Hall–Kier alpha value is -0.550. The number of halogens is 3. The van der Waals surface area contributed by atoms with Crippen LogP contribution < -0.4 is 5.32 Å². The summed E-state index contributed by atoms with van der Waals surface area (Å²) in [6, 6.07) is 5.93. The quantitative estimate of drug-likeness (QED) is 0.827. The lowest BCUT2D eigenvalue weighted by molar-refractivity contribution is 0.483. The predicted molar refractivity (Wildman–Crippen MR) is 87.7 cm³/mol. The van der Waals surface area contributed by atoms with Crippen molar-refractivity contribution in [1.29, 1.82) is 0 Å². The molecule has 2 rings (SSSR count). The maximum absolute atomic E-state index is 6.12. The molecule has 0 radical (unpaired) electrons. The minimum absolute atomic E-state index is 0.0101. The van der Waals surface area contributed by atoms with Crippen molar-refractivity contribution in [1.82, 2.24) is 15.1 Å². The number of hydrogen-bond acceptors (Lipinski definition) is 2. The van der Waals surface area contributed by atoms with E-state index < -0.39 is 0 Å². The second-order valence-electron chi connectivity index (χ2n) is 4.81. The number of aromatic nitrogens is 2. The molecule has 0 bridgehead atoms. The van der Waals surface area contributed by atoms with Gasteiger partial charge in [0.25, 0.3) is 0 Å². The third kappa shape index (κ3) is 3.03. The van der Waals surface area contributed by atoms with Crippen molar-refractivity contribution in [3.05, 3.63) is 50.2 Å². The summed E-state index contributed by atoms with van der Waals surface area (Å²) < 4.78 is 2.96. The van der Waals surface area contributed by atoms with Crippen LogP contribution in [0.1, 0.15) is 37.2 Å². The monoisotopic (exact) mass is 375 g/mol. The van der Waals surface area contributed by atoms with Crippen LogP contribution in [0.4, 0.5) is 0 Å². The van der Waals surface area contributed by atoms with Gasteiger partial charge in [-0.3, -0.25) is 4.68 Å². The molecule has 0 aliphatic heterocycles. The molecule has 20 heavy (non-hydrogen) atoms. The zero-order valence-corrected chi connectivity index (χ0v) is 14.6. The van der Waals surface area contributed by atoms with Gasteiger partial charge < -0.3 is 5.32 Å². The highest BCUT2D eigenvalue weighted by Gasteiger charge is 2.22. The van der Waals surface area contributed by atoms with Gasteiger partial charge in [-0.15, -0.1) is 0 Å². The van der Waals surface area contributed by atoms with Gasteiger partial charge in [-0.1, -0.05) is 29.3 Å². The molecule has 0 aliphatic rings. The van der Waals surface area contributed by atoms with Gasteiger partial charge in [-0.2, -0.15) is 5.10 Å². The van der Waals surface area contributed by atoms with Crippen molar-refractivity contribution in [2.45, 2.75) is 25.9 Å². The Morgan fingerprint density at radius 2 is 1.95 bits per heavy atom. The lowest BCUT2D eigenvalue weighted by atomic mass is 10.0. The highest BCUT2D eigenvalue weighted by atomic mass is 79.9. The summed E-state index contributed by atoms with van der Waals surface area (Å²) in [7, 11) is 1.91. The molecule has 2 aromatic rings. The summed E-state index contributed by atoms with van der Waals surface area (Å²) in [5.74, 6) is 0. The third-order valence-electron chi connectivity index (χ3n) is 3.12. The first-order valence-electron chi connectivity index (χ1n) is 6.30. The average Bonchev–Trinajstić information content (AvgIpc) is 2.77. The second-order valence-corrected chi connectivity index (χ2v) is 6.48. The van der Waals surface area contributed by atoms with Gasteiger partial charge in [0.15, 0.2) is 0 Å². The fraction of sp³-hybridized carbons (Fsp3) is 0.357. The van der Waals surface area contributed by atoms with Gasteiger partial charge in [-0.05, 0) is 54.5 Å². The third-order valence-corrected chi connectivity index (χ3v) is 4.47. The largest absolute Gasteiger partial charge is 0.308 e. The van der Waals surface area contributed by atoms with Gasteiger partial charge in [0.05, 0.1) is 32.5 Å². The molecule has 0 saturated carbocycles. The second kappa shape index (κ2) is 6.48. The molecule has 0 spiro atoms. The Balaban J connectivity index is 2.52. The Bertz CT molecular complexity index is 610. The average molecular weight is 377 g/mol. The highest BCUT2D eigenvalue weighted by Crippen LogP contribution is 2.33. The molecule has 1 atom stereocenters. The molecular weight excluding hydrogens is 361 g/mol. The normalized spacial score (nSPS) is 12.9. The van der Waals surface area contributed by atoms with Crippen LogP contribution in [0.5, 0.6) is 0 Å². The van der Waals surface area contributed by atoms with E-state index in [1.807, 2.05) is 36.1 Å². The van der Waals surface area contributed by atoms with E-state index >= 15 is 0 Å². The van der Waals surface area contributed by atoms with E-state index in [2.05, 4.69) is 40.2 Å². The minimum Gasteiger partial charge on any atom is -0.308 e. The molecule has 0 amide bonds. The van der Waals surface area contributed by atoms with Gasteiger partial charge in [-0.25, -0.2) is 0 Å². The summed E-state index contributed by atoms with van der Waals surface area (Å²) in [6.07, 6.45) is 1.82. The van der Waals surface area contributed by atoms with Crippen LogP contribution in [0.3, 0.4) is 0 Å². The van der Waals surface area contributed by atoms with Crippen molar-refractivity contribution in [3.8, 4) is 0 Å². The maximum Gasteiger partial charge on any atom is 0.0758 e. The molecule has 0 saturated heterocycles. The molecule has 1 heterocycles. The van der Waals surface area contributed by atoms with Crippen molar-refractivity contribution in [2.24, 2.45) is 0 Å². The smallest absolute Gasteiger partial charge is 0.0758 e. The Morgan fingerprint density at radius 1 is 1.25 bits per heavy atom. The van der Waals surface area contributed by atoms with E-state index in [1.54, 1.807) is 0 Å². The first kappa shape index (κ1) is 15.8. The van der Waals surface area contributed by atoms with Crippen LogP contribution in [0.2, 0.25) is 10.0 Å². The van der Waals surface area contributed by atoms with Gasteiger partial charge in [0, 0.05) is 6.04 Å². The Kier molecular flexibility index (Phi) is 5.13. The standard InChI is InChI=1S/C14H16BrCl2N3/c1-8(2)20-14(10(15)7-19-20)13(18-3)9-4-5-11(16)12(17)6-9/h4-8,13,18H,1-3H3. The number of benzene rings is 1. The van der Waals surface area contributed by atoms with Crippen molar-refractivity contribution in [2.75, 3.05) is 7.05 Å². The molecule has 1 aromatic heterocycles. The fourth-order valence-electron chi connectivity index (χ4n) is 2.19. The summed E-state index contributed by atoms with van der Waals surface area (Å²) in [6.45, 7) is 4.20. The van der Waals surface area contributed by atoms with E-state index in [0.29, 0.717) is 10.0 Å². The SMILES string of the molecule is CNC(c1ccc(Cl)c(Cl)c1)c1c(Br)cnn1C(C)C. The van der Waals surface area contributed by atoms with Crippen LogP contribution in [0.15, 0.2) is 28.9 Å². The molecule has 108 valence electrons. The molecule has 3 nitrogen and oxygen atoms in total. The van der Waals surface area contributed by atoms with E-state index in [9.17, 15) is 0 Å². The topological polar surface area (TPSA) is 29.9 Å². The fourth-order valence-corrected chi connectivity index (χ4v) is 2.99. The molecule has 0 fully saturated rings. The van der Waals surface area contributed by atoms with Crippen molar-refractivity contribution >= 4 is 39.1 Å². The van der Waals surface area contributed by atoms with Crippen LogP contribution in [0, 0.1) is 0 Å². The molecule has 1 N–H and O–H groups in total. The van der Waals surface area contributed by atoms with Crippen LogP contribution in [0.25, 0.3) is 0 Å².